The normalized spacial score (nSPS) is 18.4. The number of carbonyl (C=O) groups is 1. The van der Waals surface area contributed by atoms with Gasteiger partial charge in [0.25, 0.3) is 5.91 Å². The van der Waals surface area contributed by atoms with Gasteiger partial charge in [0.2, 0.25) is 0 Å². The fraction of sp³-hybridized carbons (Fsp3) is 0.350. The summed E-state index contributed by atoms with van der Waals surface area (Å²) >= 11 is 0. The first-order valence-corrected chi connectivity index (χ1v) is 10.8. The maximum atomic E-state index is 13.4. The third kappa shape index (κ3) is 3.40. The predicted molar refractivity (Wildman–Crippen MR) is 103 cm³/mol. The molecule has 0 saturated carbocycles. The maximum absolute atomic E-state index is 13.4. The number of ether oxygens (including phenoxy) is 1. The lowest BCUT2D eigenvalue weighted by atomic mass is 10.1. The number of nitrogens with zero attached hydrogens (tertiary/aromatic N) is 1. The Balaban J connectivity index is 1.72. The second-order valence-electron chi connectivity index (χ2n) is 6.99. The van der Waals surface area contributed by atoms with Crippen LogP contribution in [0.4, 0.5) is 0 Å². The summed E-state index contributed by atoms with van der Waals surface area (Å²) in [5.41, 5.74) is 1.28. The predicted octanol–water partition coefficient (Wildman–Crippen LogP) is 3.17. The number of hydrogen-bond donors (Lipinski definition) is 0. The second kappa shape index (κ2) is 7.01. The maximum Gasteiger partial charge on any atom is 0.290 e. The van der Waals surface area contributed by atoms with Gasteiger partial charge in [-0.2, -0.15) is 0 Å². The Bertz CT molecular complexity index is 1110. The van der Waals surface area contributed by atoms with Crippen molar-refractivity contribution in [2.75, 3.05) is 18.6 Å². The number of furan rings is 2. The number of aryl methyl sites for hydroxylation is 1. The molecule has 1 aliphatic heterocycles. The largest absolute Gasteiger partial charge is 0.497 e. The summed E-state index contributed by atoms with van der Waals surface area (Å²) in [6, 6.07) is 8.44. The second-order valence-corrected chi connectivity index (χ2v) is 9.22. The zero-order valence-corrected chi connectivity index (χ0v) is 16.5. The zero-order valence-electron chi connectivity index (χ0n) is 15.7. The fourth-order valence-electron chi connectivity index (χ4n) is 3.62. The summed E-state index contributed by atoms with van der Waals surface area (Å²) in [6.45, 7) is 2.00. The standard InChI is InChI=1S/C20H21NO6S/c1-13-17-10-15(25-2)5-6-18(17)27-19(13)20(22)21(11-16-4-3-8-26-16)14-7-9-28(23,24)12-14/h3-6,8,10,14H,7,9,11-12H2,1-2H3/t14-/m1/s1. The number of fused-ring (bicyclic) bond motifs is 1. The van der Waals surface area contributed by atoms with Crippen LogP contribution in [-0.2, 0) is 16.4 Å². The number of benzene rings is 1. The minimum atomic E-state index is -3.15. The van der Waals surface area contributed by atoms with Crippen LogP contribution in [0.25, 0.3) is 11.0 Å². The van der Waals surface area contributed by atoms with Gasteiger partial charge in [-0.05, 0) is 43.7 Å². The minimum absolute atomic E-state index is 0.0491. The van der Waals surface area contributed by atoms with Crippen LogP contribution >= 0.6 is 0 Å². The summed E-state index contributed by atoms with van der Waals surface area (Å²) < 4.78 is 40.5. The van der Waals surface area contributed by atoms with Crippen molar-refractivity contribution >= 4 is 26.7 Å². The molecule has 1 aliphatic rings. The lowest BCUT2D eigenvalue weighted by molar-refractivity contribution is 0.0634. The van der Waals surface area contributed by atoms with E-state index in [4.69, 9.17) is 13.6 Å². The zero-order chi connectivity index (χ0) is 19.9. The average Bonchev–Trinajstić information content (AvgIpc) is 3.38. The lowest BCUT2D eigenvalue weighted by Gasteiger charge is -2.26. The summed E-state index contributed by atoms with van der Waals surface area (Å²) in [5, 5.41) is 0.791. The van der Waals surface area contributed by atoms with Crippen molar-refractivity contribution in [1.82, 2.24) is 4.90 Å². The van der Waals surface area contributed by atoms with E-state index < -0.39 is 15.9 Å². The molecule has 0 bridgehead atoms. The van der Waals surface area contributed by atoms with Crippen molar-refractivity contribution in [3.05, 3.63) is 53.7 Å². The average molecular weight is 403 g/mol. The SMILES string of the molecule is COc1ccc2oc(C(=O)N(Cc3ccco3)[C@@H]3CCS(=O)(=O)C3)c(C)c2c1. The molecule has 1 atom stereocenters. The Morgan fingerprint density at radius 1 is 1.32 bits per heavy atom. The molecule has 2 aromatic heterocycles. The van der Waals surface area contributed by atoms with Crippen LogP contribution in [0.5, 0.6) is 5.75 Å². The van der Waals surface area contributed by atoms with E-state index in [-0.39, 0.29) is 29.7 Å². The van der Waals surface area contributed by atoms with E-state index in [1.165, 1.54) is 6.26 Å². The highest BCUT2D eigenvalue weighted by atomic mass is 32.2. The molecule has 1 fully saturated rings. The summed E-state index contributed by atoms with van der Waals surface area (Å²) in [6.07, 6.45) is 1.93. The van der Waals surface area contributed by atoms with Crippen LogP contribution < -0.4 is 4.74 Å². The Kier molecular flexibility index (Phi) is 4.66. The molecule has 0 radical (unpaired) electrons. The van der Waals surface area contributed by atoms with Crippen molar-refractivity contribution in [1.29, 1.82) is 0 Å². The molecule has 1 aromatic carbocycles. The van der Waals surface area contributed by atoms with Crippen LogP contribution in [0.2, 0.25) is 0 Å². The third-order valence-corrected chi connectivity index (χ3v) is 6.90. The first-order valence-electron chi connectivity index (χ1n) is 8.99. The van der Waals surface area contributed by atoms with Gasteiger partial charge in [0.1, 0.15) is 17.1 Å². The van der Waals surface area contributed by atoms with Crippen LogP contribution in [-0.4, -0.2) is 43.9 Å². The lowest BCUT2D eigenvalue weighted by Crippen LogP contribution is -2.40. The number of hydrogen-bond acceptors (Lipinski definition) is 6. The molecule has 3 aromatic rings. The smallest absolute Gasteiger partial charge is 0.290 e. The molecule has 1 saturated heterocycles. The molecular weight excluding hydrogens is 382 g/mol. The molecule has 148 valence electrons. The van der Waals surface area contributed by atoms with Gasteiger partial charge in [0.05, 0.1) is 31.4 Å². The minimum Gasteiger partial charge on any atom is -0.497 e. The van der Waals surface area contributed by atoms with Crippen molar-refractivity contribution in [3.8, 4) is 5.75 Å². The van der Waals surface area contributed by atoms with Crippen LogP contribution in [0.3, 0.4) is 0 Å². The Labute approximate surface area is 162 Å². The molecule has 0 spiro atoms. The van der Waals surface area contributed by atoms with Crippen molar-refractivity contribution in [3.63, 3.8) is 0 Å². The first kappa shape index (κ1) is 18.6. The fourth-order valence-corrected chi connectivity index (χ4v) is 5.35. The van der Waals surface area contributed by atoms with Crippen molar-refractivity contribution < 1.29 is 26.8 Å². The highest BCUT2D eigenvalue weighted by Gasteiger charge is 2.37. The van der Waals surface area contributed by atoms with Gasteiger partial charge in [-0.25, -0.2) is 8.42 Å². The van der Waals surface area contributed by atoms with Crippen molar-refractivity contribution in [2.45, 2.75) is 25.9 Å². The highest BCUT2D eigenvalue weighted by Crippen LogP contribution is 2.31. The quantitative estimate of drug-likeness (QED) is 0.650. The van der Waals surface area contributed by atoms with Crippen LogP contribution in [0.1, 0.15) is 28.3 Å². The van der Waals surface area contributed by atoms with Gasteiger partial charge in [0, 0.05) is 17.0 Å². The number of rotatable bonds is 5. The van der Waals surface area contributed by atoms with E-state index >= 15 is 0 Å². The Morgan fingerprint density at radius 3 is 2.79 bits per heavy atom. The van der Waals surface area contributed by atoms with Gasteiger partial charge >= 0.3 is 0 Å². The van der Waals surface area contributed by atoms with E-state index in [1.54, 1.807) is 36.3 Å². The van der Waals surface area contributed by atoms with E-state index in [0.717, 1.165) is 5.39 Å². The van der Waals surface area contributed by atoms with E-state index in [0.29, 0.717) is 29.1 Å². The molecule has 0 aliphatic carbocycles. The number of amides is 1. The summed E-state index contributed by atoms with van der Waals surface area (Å²) in [4.78, 5) is 14.9. The van der Waals surface area contributed by atoms with E-state index in [9.17, 15) is 13.2 Å². The Hall–Kier alpha value is -2.74. The topological polar surface area (TPSA) is 90.0 Å². The van der Waals surface area contributed by atoms with Gasteiger partial charge in [-0.3, -0.25) is 4.79 Å². The number of methoxy groups -OCH3 is 1. The van der Waals surface area contributed by atoms with Gasteiger partial charge in [-0.15, -0.1) is 0 Å². The molecule has 28 heavy (non-hydrogen) atoms. The monoisotopic (exact) mass is 403 g/mol. The van der Waals surface area contributed by atoms with Gasteiger partial charge in [0.15, 0.2) is 15.6 Å². The molecule has 1 amide bonds. The summed E-state index contributed by atoms with van der Waals surface area (Å²) in [7, 11) is -1.57. The van der Waals surface area contributed by atoms with E-state index in [2.05, 4.69) is 0 Å². The van der Waals surface area contributed by atoms with Gasteiger partial charge < -0.3 is 18.5 Å². The number of sulfone groups is 1. The van der Waals surface area contributed by atoms with Crippen molar-refractivity contribution in [2.24, 2.45) is 0 Å². The molecular formula is C20H21NO6S. The molecule has 7 nitrogen and oxygen atoms in total. The van der Waals surface area contributed by atoms with Gasteiger partial charge in [-0.1, -0.05) is 0 Å². The number of carbonyl (C=O) groups excluding carboxylic acids is 1. The molecule has 8 heteroatoms. The van der Waals surface area contributed by atoms with Crippen LogP contribution in [0.15, 0.2) is 45.4 Å². The van der Waals surface area contributed by atoms with Crippen LogP contribution in [0, 0.1) is 6.92 Å². The first-order chi connectivity index (χ1) is 13.4. The third-order valence-electron chi connectivity index (χ3n) is 5.15. The Morgan fingerprint density at radius 2 is 2.14 bits per heavy atom. The molecule has 3 heterocycles. The summed E-state index contributed by atoms with van der Waals surface area (Å²) in [5.74, 6) is 1.16. The molecule has 0 unspecified atom stereocenters. The van der Waals surface area contributed by atoms with E-state index in [1.807, 2.05) is 13.0 Å². The highest BCUT2D eigenvalue weighted by molar-refractivity contribution is 7.91. The molecule has 0 N–H and O–H groups in total. The molecule has 4 rings (SSSR count).